The number of carbonyl (C=O) groups excluding carboxylic acids is 1. The molecule has 6 nitrogen and oxygen atoms in total. The fourth-order valence-electron chi connectivity index (χ4n) is 1.32. The summed E-state index contributed by atoms with van der Waals surface area (Å²) in [7, 11) is 1.50. The lowest BCUT2D eigenvalue weighted by Crippen LogP contribution is -2.30. The smallest absolute Gasteiger partial charge is 0.259 e. The van der Waals surface area contributed by atoms with Gasteiger partial charge in [-0.1, -0.05) is 0 Å². The maximum Gasteiger partial charge on any atom is 0.259 e. The molecule has 1 N–H and O–H groups in total. The fraction of sp³-hybridized carbons (Fsp3) is 0.364. The van der Waals surface area contributed by atoms with E-state index in [4.69, 9.17) is 18.9 Å². The topological polar surface area (TPSA) is 66.0 Å². The SMILES string of the molecule is COCNC(=O)COc1ccc2c(c1)OCO2. The molecule has 1 aliphatic rings. The van der Waals surface area contributed by atoms with E-state index in [1.165, 1.54) is 7.11 Å². The van der Waals surface area contributed by atoms with Crippen molar-refractivity contribution in [1.29, 1.82) is 0 Å². The van der Waals surface area contributed by atoms with E-state index in [9.17, 15) is 4.79 Å². The van der Waals surface area contributed by atoms with E-state index >= 15 is 0 Å². The molecule has 17 heavy (non-hydrogen) atoms. The number of fused-ring (bicyclic) bond motifs is 1. The van der Waals surface area contributed by atoms with Crippen molar-refractivity contribution in [3.63, 3.8) is 0 Å². The zero-order chi connectivity index (χ0) is 12.1. The summed E-state index contributed by atoms with van der Waals surface area (Å²) in [6.45, 7) is 0.319. The highest BCUT2D eigenvalue weighted by atomic mass is 16.7. The first-order chi connectivity index (χ1) is 8.29. The molecular formula is C11H13NO5. The standard InChI is InChI=1S/C11H13NO5/c1-14-6-12-11(13)5-15-8-2-3-9-10(4-8)17-7-16-9/h2-4H,5-7H2,1H3,(H,12,13). The van der Waals surface area contributed by atoms with Gasteiger partial charge in [-0.15, -0.1) is 0 Å². The minimum absolute atomic E-state index is 0.0665. The van der Waals surface area contributed by atoms with Gasteiger partial charge in [0.05, 0.1) is 0 Å². The molecule has 2 rings (SSSR count). The van der Waals surface area contributed by atoms with Crippen LogP contribution in [0.15, 0.2) is 18.2 Å². The molecule has 0 atom stereocenters. The third-order valence-electron chi connectivity index (χ3n) is 2.13. The van der Waals surface area contributed by atoms with E-state index in [-0.39, 0.29) is 26.0 Å². The van der Waals surface area contributed by atoms with Gasteiger partial charge in [-0.25, -0.2) is 0 Å². The average Bonchev–Trinajstić information content (AvgIpc) is 2.81. The first-order valence-electron chi connectivity index (χ1n) is 5.07. The van der Waals surface area contributed by atoms with Crippen LogP contribution in [0.5, 0.6) is 17.2 Å². The molecule has 0 unspecified atom stereocenters. The highest BCUT2D eigenvalue weighted by Crippen LogP contribution is 2.34. The zero-order valence-electron chi connectivity index (χ0n) is 9.39. The summed E-state index contributed by atoms with van der Waals surface area (Å²) >= 11 is 0. The van der Waals surface area contributed by atoms with Gasteiger partial charge in [-0.2, -0.15) is 0 Å². The third-order valence-corrected chi connectivity index (χ3v) is 2.13. The molecule has 0 bridgehead atoms. The Hall–Kier alpha value is -1.95. The number of nitrogens with one attached hydrogen (secondary N) is 1. The van der Waals surface area contributed by atoms with Crippen molar-refractivity contribution < 1.29 is 23.7 Å². The molecule has 1 aromatic carbocycles. The van der Waals surface area contributed by atoms with Gasteiger partial charge in [-0.3, -0.25) is 4.79 Å². The predicted octanol–water partition coefficient (Wildman–Crippen LogP) is 0.514. The summed E-state index contributed by atoms with van der Waals surface area (Å²) in [5.41, 5.74) is 0. The molecule has 0 aromatic heterocycles. The minimum Gasteiger partial charge on any atom is -0.484 e. The van der Waals surface area contributed by atoms with Gasteiger partial charge >= 0.3 is 0 Å². The van der Waals surface area contributed by atoms with Crippen LogP contribution in [0.25, 0.3) is 0 Å². The average molecular weight is 239 g/mol. The van der Waals surface area contributed by atoms with Crippen molar-refractivity contribution in [3.8, 4) is 17.2 Å². The molecule has 92 valence electrons. The number of rotatable bonds is 5. The lowest BCUT2D eigenvalue weighted by atomic mass is 10.3. The van der Waals surface area contributed by atoms with Crippen molar-refractivity contribution in [2.45, 2.75) is 0 Å². The van der Waals surface area contributed by atoms with Crippen molar-refractivity contribution in [3.05, 3.63) is 18.2 Å². The van der Waals surface area contributed by atoms with Gasteiger partial charge < -0.3 is 24.3 Å². The van der Waals surface area contributed by atoms with E-state index in [1.807, 2.05) is 0 Å². The first kappa shape index (κ1) is 11.5. The Labute approximate surface area is 98.4 Å². The summed E-state index contributed by atoms with van der Waals surface area (Å²) in [6.07, 6.45) is 0. The third kappa shape index (κ3) is 3.01. The highest BCUT2D eigenvalue weighted by molar-refractivity contribution is 5.77. The Balaban J connectivity index is 1.85. The Bertz CT molecular complexity index is 407. The van der Waals surface area contributed by atoms with E-state index in [0.717, 1.165) is 0 Å². The number of hydrogen-bond donors (Lipinski definition) is 1. The first-order valence-corrected chi connectivity index (χ1v) is 5.07. The molecule has 0 aliphatic carbocycles. The summed E-state index contributed by atoms with van der Waals surface area (Å²) in [5.74, 6) is 1.62. The van der Waals surface area contributed by atoms with Crippen molar-refractivity contribution >= 4 is 5.91 Å². The summed E-state index contributed by atoms with van der Waals surface area (Å²) in [5, 5.41) is 2.51. The Morgan fingerprint density at radius 3 is 3.06 bits per heavy atom. The second-order valence-corrected chi connectivity index (χ2v) is 3.34. The Morgan fingerprint density at radius 2 is 2.24 bits per heavy atom. The van der Waals surface area contributed by atoms with E-state index in [2.05, 4.69) is 5.32 Å². The van der Waals surface area contributed by atoms with Gasteiger partial charge in [0.2, 0.25) is 6.79 Å². The van der Waals surface area contributed by atoms with Crippen LogP contribution in [0.4, 0.5) is 0 Å². The molecular weight excluding hydrogens is 226 g/mol. The van der Waals surface area contributed by atoms with Gasteiger partial charge in [0.1, 0.15) is 12.5 Å². The predicted molar refractivity (Wildman–Crippen MR) is 58.1 cm³/mol. The number of ether oxygens (including phenoxy) is 4. The van der Waals surface area contributed by atoms with Gasteiger partial charge in [0.25, 0.3) is 5.91 Å². The van der Waals surface area contributed by atoms with Crippen molar-refractivity contribution in [2.75, 3.05) is 27.2 Å². The molecule has 0 radical (unpaired) electrons. The number of carbonyl (C=O) groups is 1. The highest BCUT2D eigenvalue weighted by Gasteiger charge is 2.14. The largest absolute Gasteiger partial charge is 0.484 e. The number of amides is 1. The number of benzene rings is 1. The van der Waals surface area contributed by atoms with E-state index < -0.39 is 0 Å². The van der Waals surface area contributed by atoms with Gasteiger partial charge in [0, 0.05) is 13.2 Å². The summed E-state index contributed by atoms with van der Waals surface area (Å²) in [4.78, 5) is 11.2. The van der Waals surface area contributed by atoms with Crippen LogP contribution in [0.2, 0.25) is 0 Å². The molecule has 1 amide bonds. The van der Waals surface area contributed by atoms with Crippen LogP contribution in [0, 0.1) is 0 Å². The Morgan fingerprint density at radius 1 is 1.41 bits per heavy atom. The van der Waals surface area contributed by atoms with Crippen LogP contribution >= 0.6 is 0 Å². The second kappa shape index (κ2) is 5.40. The van der Waals surface area contributed by atoms with Crippen LogP contribution < -0.4 is 19.5 Å². The van der Waals surface area contributed by atoms with Crippen molar-refractivity contribution in [1.82, 2.24) is 5.32 Å². The second-order valence-electron chi connectivity index (χ2n) is 3.34. The van der Waals surface area contributed by atoms with Gasteiger partial charge in [0.15, 0.2) is 18.1 Å². The lowest BCUT2D eigenvalue weighted by molar-refractivity contribution is -0.124. The Kier molecular flexibility index (Phi) is 3.66. The molecule has 6 heteroatoms. The van der Waals surface area contributed by atoms with Gasteiger partial charge in [-0.05, 0) is 12.1 Å². The van der Waals surface area contributed by atoms with E-state index in [0.29, 0.717) is 17.2 Å². The zero-order valence-corrected chi connectivity index (χ0v) is 9.39. The van der Waals surface area contributed by atoms with Crippen LogP contribution in [0.3, 0.4) is 0 Å². The number of methoxy groups -OCH3 is 1. The van der Waals surface area contributed by atoms with Crippen molar-refractivity contribution in [2.24, 2.45) is 0 Å². The monoisotopic (exact) mass is 239 g/mol. The maximum absolute atomic E-state index is 11.2. The summed E-state index contributed by atoms with van der Waals surface area (Å²) in [6, 6.07) is 5.15. The lowest BCUT2D eigenvalue weighted by Gasteiger charge is -2.07. The van der Waals surface area contributed by atoms with Crippen LogP contribution in [-0.2, 0) is 9.53 Å². The van der Waals surface area contributed by atoms with E-state index in [1.54, 1.807) is 18.2 Å². The molecule has 0 fully saturated rings. The van der Waals surface area contributed by atoms with Crippen LogP contribution in [-0.4, -0.2) is 33.1 Å². The molecule has 1 aromatic rings. The molecule has 0 saturated heterocycles. The van der Waals surface area contributed by atoms with Crippen LogP contribution in [0.1, 0.15) is 0 Å². The normalized spacial score (nSPS) is 12.3. The molecule has 1 aliphatic heterocycles. The fourth-order valence-corrected chi connectivity index (χ4v) is 1.32. The molecule has 1 heterocycles. The number of hydrogen-bond acceptors (Lipinski definition) is 5. The quantitative estimate of drug-likeness (QED) is 0.758. The summed E-state index contributed by atoms with van der Waals surface area (Å²) < 4.78 is 20.3. The minimum atomic E-state index is -0.246. The molecule has 0 spiro atoms. The maximum atomic E-state index is 11.2. The molecule has 0 saturated carbocycles.